The number of piperazine rings is 1. The first-order valence-corrected chi connectivity index (χ1v) is 9.00. The van der Waals surface area contributed by atoms with Crippen molar-refractivity contribution < 1.29 is 13.2 Å². The molecule has 0 unspecified atom stereocenters. The van der Waals surface area contributed by atoms with Crippen LogP contribution in [-0.2, 0) is 21.2 Å². The number of benzene rings is 1. The molecule has 0 aliphatic carbocycles. The van der Waals surface area contributed by atoms with Gasteiger partial charge in [-0.2, -0.15) is 0 Å². The molecule has 0 radical (unpaired) electrons. The molecule has 1 aromatic carbocycles. The number of aryl methyl sites for hydroxylation is 1. The van der Waals surface area contributed by atoms with E-state index in [1.165, 1.54) is 0 Å². The second kappa shape index (κ2) is 7.21. The second-order valence-corrected chi connectivity index (χ2v) is 7.20. The number of amides is 1. The summed E-state index contributed by atoms with van der Waals surface area (Å²) in [7, 11) is -3.61. The fraction of sp³-hybridized carbons (Fsp3) is 0.533. The topological polar surface area (TPSA) is 83.7 Å². The van der Waals surface area contributed by atoms with Crippen LogP contribution in [0.2, 0.25) is 0 Å². The molecule has 1 amide bonds. The molecular weight excluding hydrogens is 302 g/mol. The molecule has 6 nitrogen and oxygen atoms in total. The minimum absolute atomic E-state index is 0.148. The Kier molecular flexibility index (Phi) is 5.55. The number of carbonyl (C=O) groups excluding carboxylic acids is 1. The van der Waals surface area contributed by atoms with Crippen molar-refractivity contribution in [2.75, 3.05) is 32.7 Å². The third-order valence-corrected chi connectivity index (χ3v) is 4.94. The highest BCUT2D eigenvalue weighted by molar-refractivity contribution is 7.89. The normalized spacial score (nSPS) is 16.7. The van der Waals surface area contributed by atoms with Crippen LogP contribution in [0.5, 0.6) is 0 Å². The molecule has 1 aliphatic heterocycles. The van der Waals surface area contributed by atoms with Gasteiger partial charge in [-0.25, -0.2) is 13.6 Å². The number of carbonyl (C=O) groups is 1. The van der Waals surface area contributed by atoms with Gasteiger partial charge >= 0.3 is 0 Å². The van der Waals surface area contributed by atoms with Crippen molar-refractivity contribution in [2.24, 2.45) is 5.14 Å². The fourth-order valence-corrected chi connectivity index (χ4v) is 3.15. The summed E-state index contributed by atoms with van der Waals surface area (Å²) in [6.07, 6.45) is 1.91. The van der Waals surface area contributed by atoms with Crippen LogP contribution in [0.1, 0.15) is 18.9 Å². The van der Waals surface area contributed by atoms with Crippen LogP contribution in [0.4, 0.5) is 0 Å². The van der Waals surface area contributed by atoms with E-state index in [2.05, 4.69) is 4.90 Å². The van der Waals surface area contributed by atoms with Crippen molar-refractivity contribution >= 4 is 15.9 Å². The average molecular weight is 325 g/mol. The van der Waals surface area contributed by atoms with Crippen molar-refractivity contribution in [3.8, 4) is 0 Å². The fourth-order valence-electron chi connectivity index (χ4n) is 2.64. The summed E-state index contributed by atoms with van der Waals surface area (Å²) in [5.41, 5.74) is 1.11. The average Bonchev–Trinajstić information content (AvgIpc) is 2.47. The van der Waals surface area contributed by atoms with Crippen LogP contribution in [0.3, 0.4) is 0 Å². The third kappa shape index (κ3) is 4.79. The Hall–Kier alpha value is -1.44. The molecule has 1 fully saturated rings. The van der Waals surface area contributed by atoms with Gasteiger partial charge in [0.05, 0.1) is 4.90 Å². The zero-order valence-corrected chi connectivity index (χ0v) is 13.7. The molecular formula is C15H23N3O3S. The molecule has 22 heavy (non-hydrogen) atoms. The molecule has 1 aromatic rings. The van der Waals surface area contributed by atoms with E-state index in [-0.39, 0.29) is 10.8 Å². The van der Waals surface area contributed by atoms with Crippen LogP contribution in [0, 0.1) is 0 Å². The third-order valence-electron chi connectivity index (χ3n) is 4.01. The molecule has 1 aliphatic rings. The second-order valence-electron chi connectivity index (χ2n) is 5.64. The van der Waals surface area contributed by atoms with Gasteiger partial charge in [0, 0.05) is 33.1 Å². The van der Waals surface area contributed by atoms with E-state index < -0.39 is 10.0 Å². The van der Waals surface area contributed by atoms with Crippen molar-refractivity contribution in [3.63, 3.8) is 0 Å². The Bertz CT molecular complexity index is 605. The molecule has 2 N–H and O–H groups in total. The maximum Gasteiger partial charge on any atom is 0.238 e. The lowest BCUT2D eigenvalue weighted by atomic mass is 10.1. The molecule has 7 heteroatoms. The van der Waals surface area contributed by atoms with Crippen molar-refractivity contribution in [1.82, 2.24) is 9.80 Å². The summed E-state index contributed by atoms with van der Waals surface area (Å²) in [5.74, 6) is 0.148. The zero-order valence-electron chi connectivity index (χ0n) is 12.9. The summed E-state index contributed by atoms with van der Waals surface area (Å²) in [5, 5.41) is 5.07. The van der Waals surface area contributed by atoms with Gasteiger partial charge in [-0.3, -0.25) is 9.69 Å². The van der Waals surface area contributed by atoms with Gasteiger partial charge in [0.25, 0.3) is 0 Å². The van der Waals surface area contributed by atoms with Crippen molar-refractivity contribution in [3.05, 3.63) is 29.8 Å². The van der Waals surface area contributed by atoms with E-state index in [4.69, 9.17) is 5.14 Å². The maximum atomic E-state index is 11.3. The Morgan fingerprint density at radius 3 is 2.23 bits per heavy atom. The van der Waals surface area contributed by atoms with Gasteiger partial charge in [-0.05, 0) is 37.1 Å². The van der Waals surface area contributed by atoms with Gasteiger partial charge < -0.3 is 4.90 Å². The lowest BCUT2D eigenvalue weighted by Crippen LogP contribution is -2.48. The van der Waals surface area contributed by atoms with Gasteiger partial charge in [0.1, 0.15) is 0 Å². The van der Waals surface area contributed by atoms with Crippen LogP contribution in [0.15, 0.2) is 29.2 Å². The lowest BCUT2D eigenvalue weighted by molar-refractivity contribution is -0.130. The molecule has 0 bridgehead atoms. The van der Waals surface area contributed by atoms with Crippen LogP contribution >= 0.6 is 0 Å². The van der Waals surface area contributed by atoms with Gasteiger partial charge in [0.15, 0.2) is 0 Å². The molecule has 122 valence electrons. The Labute approximate surface area is 131 Å². The van der Waals surface area contributed by atoms with Crippen molar-refractivity contribution in [2.45, 2.75) is 24.7 Å². The molecule has 0 spiro atoms. The van der Waals surface area contributed by atoms with Crippen LogP contribution < -0.4 is 5.14 Å². The SMILES string of the molecule is CC(=O)N1CCN(CCCc2ccc(S(N)(=O)=O)cc2)CC1. The highest BCUT2D eigenvalue weighted by atomic mass is 32.2. The first-order valence-electron chi connectivity index (χ1n) is 7.46. The van der Waals surface area contributed by atoms with Gasteiger partial charge in [-0.15, -0.1) is 0 Å². The van der Waals surface area contributed by atoms with E-state index in [0.717, 1.165) is 51.1 Å². The van der Waals surface area contributed by atoms with E-state index in [0.29, 0.717) is 0 Å². The van der Waals surface area contributed by atoms with Gasteiger partial charge in [0.2, 0.25) is 15.9 Å². The summed E-state index contributed by atoms with van der Waals surface area (Å²) < 4.78 is 22.4. The number of primary sulfonamides is 1. The van der Waals surface area contributed by atoms with E-state index in [1.807, 2.05) is 17.0 Å². The molecule has 1 saturated heterocycles. The number of nitrogens with zero attached hydrogens (tertiary/aromatic N) is 2. The largest absolute Gasteiger partial charge is 0.340 e. The Morgan fingerprint density at radius 1 is 1.14 bits per heavy atom. The smallest absolute Gasteiger partial charge is 0.238 e. The highest BCUT2D eigenvalue weighted by Crippen LogP contribution is 2.11. The monoisotopic (exact) mass is 325 g/mol. The summed E-state index contributed by atoms with van der Waals surface area (Å²) in [6, 6.07) is 6.73. The number of hydrogen-bond acceptors (Lipinski definition) is 4. The summed E-state index contributed by atoms with van der Waals surface area (Å²) in [6.45, 7) is 6.05. The summed E-state index contributed by atoms with van der Waals surface area (Å²) >= 11 is 0. The van der Waals surface area contributed by atoms with Crippen LogP contribution in [-0.4, -0.2) is 56.8 Å². The molecule has 1 heterocycles. The predicted octanol–water partition coefficient (Wildman–Crippen LogP) is 0.431. The van der Waals surface area contributed by atoms with E-state index in [1.54, 1.807) is 19.1 Å². The predicted molar refractivity (Wildman–Crippen MR) is 84.8 cm³/mol. The molecule has 0 atom stereocenters. The maximum absolute atomic E-state index is 11.3. The highest BCUT2D eigenvalue weighted by Gasteiger charge is 2.17. The molecule has 0 aromatic heterocycles. The Morgan fingerprint density at radius 2 is 1.73 bits per heavy atom. The minimum atomic E-state index is -3.61. The number of hydrogen-bond donors (Lipinski definition) is 1. The minimum Gasteiger partial charge on any atom is -0.340 e. The first-order chi connectivity index (χ1) is 10.4. The first kappa shape index (κ1) is 16.9. The zero-order chi connectivity index (χ0) is 16.2. The number of sulfonamides is 1. The molecule has 2 rings (SSSR count). The number of nitrogens with two attached hydrogens (primary N) is 1. The lowest BCUT2D eigenvalue weighted by Gasteiger charge is -2.34. The standard InChI is InChI=1S/C15H23N3O3S/c1-13(19)18-11-9-17(10-12-18)8-2-3-14-4-6-15(7-5-14)22(16,20)21/h4-7H,2-3,8-12H2,1H3,(H2,16,20,21). The van der Waals surface area contributed by atoms with E-state index in [9.17, 15) is 13.2 Å². The molecule has 0 saturated carbocycles. The van der Waals surface area contributed by atoms with Crippen LogP contribution in [0.25, 0.3) is 0 Å². The van der Waals surface area contributed by atoms with Crippen molar-refractivity contribution in [1.29, 1.82) is 0 Å². The van der Waals surface area contributed by atoms with E-state index >= 15 is 0 Å². The quantitative estimate of drug-likeness (QED) is 0.851. The van der Waals surface area contributed by atoms with Gasteiger partial charge in [-0.1, -0.05) is 12.1 Å². The summed E-state index contributed by atoms with van der Waals surface area (Å²) in [4.78, 5) is 15.6. The Balaban J connectivity index is 1.74. The number of rotatable bonds is 5.